The molecular weight excluding hydrogens is 393 g/mol. The number of halogens is 1. The van der Waals surface area contributed by atoms with Crippen LogP contribution in [0, 0.1) is 5.82 Å². The van der Waals surface area contributed by atoms with Crippen LogP contribution in [0.4, 0.5) is 9.18 Å². The number of hydrogen-bond acceptors (Lipinski definition) is 4. The quantitative estimate of drug-likeness (QED) is 0.643. The van der Waals surface area contributed by atoms with Gasteiger partial charge in [0.25, 0.3) is 5.91 Å². The Morgan fingerprint density at radius 2 is 2.00 bits per heavy atom. The van der Waals surface area contributed by atoms with E-state index in [1.807, 2.05) is 31.4 Å². The predicted molar refractivity (Wildman–Crippen MR) is 109 cm³/mol. The van der Waals surface area contributed by atoms with Crippen molar-refractivity contribution in [2.45, 2.75) is 44.7 Å². The minimum Gasteiger partial charge on any atom is -0.347 e. The summed E-state index contributed by atoms with van der Waals surface area (Å²) in [6.45, 7) is 3.46. The Bertz CT molecular complexity index is 885. The normalized spacial score (nSPS) is 19.9. The topological polar surface area (TPSA) is 78.5 Å². The van der Waals surface area contributed by atoms with E-state index >= 15 is 0 Å². The number of thiophene rings is 1. The number of benzene rings is 1. The molecule has 0 radical (unpaired) electrons. The van der Waals surface area contributed by atoms with Gasteiger partial charge in [0.05, 0.1) is 6.04 Å². The van der Waals surface area contributed by atoms with E-state index in [-0.39, 0.29) is 12.6 Å². The number of carbonyl (C=O) groups is 3. The molecule has 0 bridgehead atoms. The van der Waals surface area contributed by atoms with Gasteiger partial charge < -0.3 is 10.6 Å². The van der Waals surface area contributed by atoms with Crippen molar-refractivity contribution in [3.05, 3.63) is 58.0 Å². The number of imide groups is 1. The molecule has 1 saturated heterocycles. The van der Waals surface area contributed by atoms with Gasteiger partial charge >= 0.3 is 6.03 Å². The van der Waals surface area contributed by atoms with Gasteiger partial charge in [-0.1, -0.05) is 38.0 Å². The fourth-order valence-electron chi connectivity index (χ4n) is 3.49. The molecule has 1 aliphatic heterocycles. The van der Waals surface area contributed by atoms with Crippen LogP contribution < -0.4 is 10.6 Å². The standard InChI is InChI=1S/C21H24FN3O3S/c1-3-4-11-21(15-7-9-16(22)10-8-15)19(27)25(20(28)24-21)13-18(26)23-14(2)17-6-5-12-29-17/h5-10,12,14H,3-4,11,13H2,1-2H3,(H,23,26)(H,24,28)/t14-,21-/m0/s1. The highest BCUT2D eigenvalue weighted by Crippen LogP contribution is 2.34. The van der Waals surface area contributed by atoms with Gasteiger partial charge in [-0.2, -0.15) is 0 Å². The number of urea groups is 1. The molecule has 1 aliphatic rings. The van der Waals surface area contributed by atoms with E-state index < -0.39 is 29.2 Å². The van der Waals surface area contributed by atoms with Crippen LogP contribution in [0.1, 0.15) is 49.6 Å². The molecule has 1 aromatic carbocycles. The maximum absolute atomic E-state index is 13.4. The van der Waals surface area contributed by atoms with Gasteiger partial charge in [0.1, 0.15) is 17.9 Å². The largest absolute Gasteiger partial charge is 0.347 e. The predicted octanol–water partition coefficient (Wildman–Crippen LogP) is 3.70. The molecule has 6 nitrogen and oxygen atoms in total. The monoisotopic (exact) mass is 417 g/mol. The van der Waals surface area contributed by atoms with Crippen molar-refractivity contribution in [2.24, 2.45) is 0 Å². The van der Waals surface area contributed by atoms with Gasteiger partial charge in [-0.15, -0.1) is 11.3 Å². The minimum atomic E-state index is -1.28. The summed E-state index contributed by atoms with van der Waals surface area (Å²) in [6, 6.07) is 8.51. The lowest BCUT2D eigenvalue weighted by atomic mass is 9.85. The van der Waals surface area contributed by atoms with Gasteiger partial charge in [0.2, 0.25) is 5.91 Å². The molecule has 0 aliphatic carbocycles. The summed E-state index contributed by atoms with van der Waals surface area (Å²) < 4.78 is 13.4. The number of unbranched alkanes of at least 4 members (excludes halogenated alkanes) is 1. The molecule has 1 fully saturated rings. The lowest BCUT2D eigenvalue weighted by Crippen LogP contribution is -2.45. The first-order valence-corrected chi connectivity index (χ1v) is 10.5. The van der Waals surface area contributed by atoms with Crippen LogP contribution in [0.3, 0.4) is 0 Å². The van der Waals surface area contributed by atoms with E-state index in [9.17, 15) is 18.8 Å². The second-order valence-electron chi connectivity index (χ2n) is 7.14. The molecule has 0 spiro atoms. The van der Waals surface area contributed by atoms with Gasteiger partial charge in [0, 0.05) is 4.88 Å². The average Bonchev–Trinajstić information content (AvgIpc) is 3.31. The molecule has 1 aromatic heterocycles. The molecule has 2 N–H and O–H groups in total. The van der Waals surface area contributed by atoms with Crippen molar-refractivity contribution in [3.63, 3.8) is 0 Å². The molecule has 0 saturated carbocycles. The Hall–Kier alpha value is -2.74. The number of rotatable bonds is 8. The van der Waals surface area contributed by atoms with E-state index in [1.165, 1.54) is 35.6 Å². The molecule has 0 unspecified atom stereocenters. The average molecular weight is 418 g/mol. The highest BCUT2D eigenvalue weighted by Gasteiger charge is 2.52. The highest BCUT2D eigenvalue weighted by atomic mass is 32.1. The summed E-state index contributed by atoms with van der Waals surface area (Å²) in [6.07, 6.45) is 1.90. The molecular formula is C21H24FN3O3S. The van der Waals surface area contributed by atoms with Gasteiger partial charge in [-0.25, -0.2) is 9.18 Å². The van der Waals surface area contributed by atoms with Crippen LogP contribution in [0.15, 0.2) is 41.8 Å². The van der Waals surface area contributed by atoms with Crippen molar-refractivity contribution < 1.29 is 18.8 Å². The summed E-state index contributed by atoms with van der Waals surface area (Å²) in [5, 5.41) is 7.49. The first kappa shape index (κ1) is 21.0. The molecule has 4 amide bonds. The SMILES string of the molecule is CCCC[C@@]1(c2ccc(F)cc2)NC(=O)N(CC(=O)N[C@@H](C)c2cccs2)C1=O. The second kappa shape index (κ2) is 8.73. The minimum absolute atomic E-state index is 0.217. The summed E-state index contributed by atoms with van der Waals surface area (Å²) >= 11 is 1.52. The van der Waals surface area contributed by atoms with Crippen LogP contribution in [0.2, 0.25) is 0 Å². The van der Waals surface area contributed by atoms with Gasteiger partial charge in [-0.3, -0.25) is 14.5 Å². The first-order valence-electron chi connectivity index (χ1n) is 9.60. The molecule has 29 heavy (non-hydrogen) atoms. The maximum atomic E-state index is 13.4. The molecule has 154 valence electrons. The zero-order valence-electron chi connectivity index (χ0n) is 16.4. The summed E-state index contributed by atoms with van der Waals surface area (Å²) in [5.74, 6) is -1.32. The number of nitrogens with one attached hydrogen (secondary N) is 2. The Labute approximate surface area is 173 Å². The van der Waals surface area contributed by atoms with E-state index in [2.05, 4.69) is 10.6 Å². The van der Waals surface area contributed by atoms with Crippen LogP contribution >= 0.6 is 11.3 Å². The lowest BCUT2D eigenvalue weighted by molar-refractivity contribution is -0.135. The zero-order valence-corrected chi connectivity index (χ0v) is 17.2. The third-order valence-electron chi connectivity index (χ3n) is 5.07. The molecule has 2 atom stereocenters. The summed E-state index contributed by atoms with van der Waals surface area (Å²) in [5.41, 5.74) is -0.763. The van der Waals surface area contributed by atoms with E-state index in [1.54, 1.807) is 0 Å². The van der Waals surface area contributed by atoms with Crippen LogP contribution in [-0.2, 0) is 15.1 Å². The Morgan fingerprint density at radius 1 is 1.28 bits per heavy atom. The van der Waals surface area contributed by atoms with Crippen molar-refractivity contribution >= 4 is 29.2 Å². The van der Waals surface area contributed by atoms with Crippen LogP contribution in [0.5, 0.6) is 0 Å². The summed E-state index contributed by atoms with van der Waals surface area (Å²) in [7, 11) is 0. The second-order valence-corrected chi connectivity index (χ2v) is 8.12. The number of amides is 4. The molecule has 8 heteroatoms. The zero-order chi connectivity index (χ0) is 21.0. The number of nitrogens with zero attached hydrogens (tertiary/aromatic N) is 1. The van der Waals surface area contributed by atoms with Crippen LogP contribution in [0.25, 0.3) is 0 Å². The van der Waals surface area contributed by atoms with Crippen molar-refractivity contribution in [1.29, 1.82) is 0 Å². The molecule has 3 rings (SSSR count). The smallest absolute Gasteiger partial charge is 0.325 e. The van der Waals surface area contributed by atoms with E-state index in [0.717, 1.165) is 16.2 Å². The van der Waals surface area contributed by atoms with Crippen LogP contribution in [-0.4, -0.2) is 29.3 Å². The Kier molecular flexibility index (Phi) is 6.32. The number of carbonyl (C=O) groups excluding carboxylic acids is 3. The van der Waals surface area contributed by atoms with Gasteiger partial charge in [0.15, 0.2) is 0 Å². The van der Waals surface area contributed by atoms with Crippen molar-refractivity contribution in [3.8, 4) is 0 Å². The molecule has 2 aromatic rings. The van der Waals surface area contributed by atoms with Crippen molar-refractivity contribution in [2.75, 3.05) is 6.54 Å². The first-order chi connectivity index (χ1) is 13.9. The third kappa shape index (κ3) is 4.32. The van der Waals surface area contributed by atoms with Gasteiger partial charge in [-0.05, 0) is 42.5 Å². The van der Waals surface area contributed by atoms with E-state index in [0.29, 0.717) is 18.4 Å². The third-order valence-corrected chi connectivity index (χ3v) is 6.12. The Balaban J connectivity index is 1.78. The van der Waals surface area contributed by atoms with E-state index in [4.69, 9.17) is 0 Å². The highest BCUT2D eigenvalue weighted by molar-refractivity contribution is 7.10. The summed E-state index contributed by atoms with van der Waals surface area (Å²) in [4.78, 5) is 40.2. The number of hydrogen-bond donors (Lipinski definition) is 2. The molecule has 2 heterocycles. The maximum Gasteiger partial charge on any atom is 0.325 e. The fraction of sp³-hybridized carbons (Fsp3) is 0.381. The fourth-order valence-corrected chi connectivity index (χ4v) is 4.23. The van der Waals surface area contributed by atoms with Crippen molar-refractivity contribution in [1.82, 2.24) is 15.5 Å². The Morgan fingerprint density at radius 3 is 2.62 bits per heavy atom. The lowest BCUT2D eigenvalue weighted by Gasteiger charge is -2.27.